The third kappa shape index (κ3) is 3.29. The van der Waals surface area contributed by atoms with E-state index in [4.69, 9.17) is 0 Å². The van der Waals surface area contributed by atoms with Crippen LogP contribution in [-0.2, 0) is 0 Å². The lowest BCUT2D eigenvalue weighted by atomic mass is 9.75. The average Bonchev–Trinajstić information content (AvgIpc) is 2.37. The molecule has 0 radical (unpaired) electrons. The van der Waals surface area contributed by atoms with E-state index in [1.54, 1.807) is 6.92 Å². The zero-order valence-electron chi connectivity index (χ0n) is 12.1. The SMILES string of the molecule is Cc1c([N+](=O)[O-])cnc(NC2CCC(C)(C)CC2)c1Br. The smallest absolute Gasteiger partial charge is 0.291 e. The molecule has 1 heterocycles. The number of rotatable bonds is 3. The molecule has 1 aromatic heterocycles. The van der Waals surface area contributed by atoms with Gasteiger partial charge in [0.15, 0.2) is 0 Å². The summed E-state index contributed by atoms with van der Waals surface area (Å²) in [6, 6.07) is 0.396. The van der Waals surface area contributed by atoms with E-state index in [2.05, 4.69) is 40.1 Å². The molecule has 0 bridgehead atoms. The second-order valence-corrected chi connectivity index (χ2v) is 7.06. The maximum Gasteiger partial charge on any atom is 0.291 e. The summed E-state index contributed by atoms with van der Waals surface area (Å²) in [6.07, 6.45) is 5.92. The third-order valence-corrected chi connectivity index (χ3v) is 5.08. The van der Waals surface area contributed by atoms with Crippen LogP contribution >= 0.6 is 15.9 Å². The lowest BCUT2D eigenvalue weighted by Gasteiger charge is -2.35. The van der Waals surface area contributed by atoms with Crippen LogP contribution in [0.1, 0.15) is 45.1 Å². The Kier molecular flexibility index (Phi) is 4.32. The molecule has 0 amide bonds. The number of pyridine rings is 1. The highest BCUT2D eigenvalue weighted by molar-refractivity contribution is 9.10. The van der Waals surface area contributed by atoms with Crippen LogP contribution in [0.5, 0.6) is 0 Å². The molecule has 2 rings (SSSR count). The van der Waals surface area contributed by atoms with Crippen LogP contribution in [-0.4, -0.2) is 15.9 Å². The molecular weight excluding hydrogens is 322 g/mol. The predicted octanol–water partition coefficient (Wildman–Crippen LogP) is 4.44. The number of nitrogens with zero attached hydrogens (tertiary/aromatic N) is 2. The summed E-state index contributed by atoms with van der Waals surface area (Å²) in [5.41, 5.74) is 1.09. The van der Waals surface area contributed by atoms with E-state index in [1.165, 1.54) is 19.0 Å². The van der Waals surface area contributed by atoms with Crippen LogP contribution in [0.4, 0.5) is 11.5 Å². The van der Waals surface area contributed by atoms with Crippen molar-refractivity contribution >= 4 is 27.4 Å². The van der Waals surface area contributed by atoms with Crippen molar-refractivity contribution in [3.8, 4) is 0 Å². The monoisotopic (exact) mass is 341 g/mol. The maximum atomic E-state index is 10.9. The van der Waals surface area contributed by atoms with Gasteiger partial charge in [-0.3, -0.25) is 10.1 Å². The minimum atomic E-state index is -0.403. The van der Waals surface area contributed by atoms with Crippen molar-refractivity contribution in [1.82, 2.24) is 4.98 Å². The van der Waals surface area contributed by atoms with Crippen molar-refractivity contribution in [2.45, 2.75) is 52.5 Å². The van der Waals surface area contributed by atoms with E-state index in [-0.39, 0.29) is 5.69 Å². The number of nitrogens with one attached hydrogen (secondary N) is 1. The lowest BCUT2D eigenvalue weighted by Crippen LogP contribution is -2.30. The summed E-state index contributed by atoms with van der Waals surface area (Å²) in [7, 11) is 0. The van der Waals surface area contributed by atoms with E-state index >= 15 is 0 Å². The molecule has 5 nitrogen and oxygen atoms in total. The Morgan fingerprint density at radius 1 is 1.45 bits per heavy atom. The number of hydrogen-bond donors (Lipinski definition) is 1. The van der Waals surface area contributed by atoms with Gasteiger partial charge in [0.1, 0.15) is 12.0 Å². The standard InChI is InChI=1S/C14H20BrN3O2/c1-9-11(18(19)20)8-16-13(12(9)15)17-10-4-6-14(2,3)7-5-10/h8,10H,4-7H2,1-3H3,(H,16,17). The number of aromatic nitrogens is 1. The first-order chi connectivity index (χ1) is 9.30. The first-order valence-electron chi connectivity index (χ1n) is 6.86. The van der Waals surface area contributed by atoms with Gasteiger partial charge >= 0.3 is 0 Å². The molecule has 1 saturated carbocycles. The second kappa shape index (κ2) is 5.68. The zero-order chi connectivity index (χ0) is 14.9. The molecule has 110 valence electrons. The Morgan fingerprint density at radius 2 is 2.05 bits per heavy atom. The summed E-state index contributed by atoms with van der Waals surface area (Å²) < 4.78 is 0.691. The van der Waals surface area contributed by atoms with Crippen LogP contribution in [0.15, 0.2) is 10.7 Å². The van der Waals surface area contributed by atoms with Crippen LogP contribution in [0.3, 0.4) is 0 Å². The third-order valence-electron chi connectivity index (χ3n) is 4.11. The molecule has 0 aromatic carbocycles. The van der Waals surface area contributed by atoms with Gasteiger partial charge in [-0.2, -0.15) is 0 Å². The fourth-order valence-corrected chi connectivity index (χ4v) is 3.01. The highest BCUT2D eigenvalue weighted by Crippen LogP contribution is 2.37. The topological polar surface area (TPSA) is 68.1 Å². The van der Waals surface area contributed by atoms with Crippen molar-refractivity contribution in [3.05, 3.63) is 26.3 Å². The van der Waals surface area contributed by atoms with Crippen LogP contribution in [0, 0.1) is 22.5 Å². The summed E-state index contributed by atoms with van der Waals surface area (Å²) in [5, 5.41) is 14.3. The normalized spacial score (nSPS) is 18.8. The highest BCUT2D eigenvalue weighted by Gasteiger charge is 2.27. The van der Waals surface area contributed by atoms with Gasteiger partial charge in [0.25, 0.3) is 5.69 Å². The Hall–Kier alpha value is -1.17. The number of halogens is 1. The molecule has 6 heteroatoms. The quantitative estimate of drug-likeness (QED) is 0.651. The molecule has 0 unspecified atom stereocenters. The van der Waals surface area contributed by atoms with Crippen LogP contribution < -0.4 is 5.32 Å². The van der Waals surface area contributed by atoms with Crippen molar-refractivity contribution in [1.29, 1.82) is 0 Å². The Balaban J connectivity index is 2.11. The minimum Gasteiger partial charge on any atom is -0.366 e. The van der Waals surface area contributed by atoms with Gasteiger partial charge in [0.2, 0.25) is 0 Å². The van der Waals surface area contributed by atoms with E-state index < -0.39 is 4.92 Å². The first-order valence-corrected chi connectivity index (χ1v) is 7.65. The Bertz CT molecular complexity index is 521. The van der Waals surface area contributed by atoms with Gasteiger partial charge in [0.05, 0.1) is 9.40 Å². The second-order valence-electron chi connectivity index (χ2n) is 6.27. The molecular formula is C14H20BrN3O2. The van der Waals surface area contributed by atoms with Crippen LogP contribution in [0.2, 0.25) is 0 Å². The summed E-state index contributed by atoms with van der Waals surface area (Å²) in [6.45, 7) is 6.33. The molecule has 1 aliphatic rings. The van der Waals surface area contributed by atoms with Crippen LogP contribution in [0.25, 0.3) is 0 Å². The van der Waals surface area contributed by atoms with Gasteiger partial charge in [-0.15, -0.1) is 0 Å². The first kappa shape index (κ1) is 15.2. The van der Waals surface area contributed by atoms with E-state index in [0.717, 1.165) is 12.8 Å². The summed E-state index contributed by atoms with van der Waals surface area (Å²) in [5.74, 6) is 0.706. The fourth-order valence-electron chi connectivity index (χ4n) is 2.59. The summed E-state index contributed by atoms with van der Waals surface area (Å²) >= 11 is 3.42. The molecule has 1 N–H and O–H groups in total. The van der Waals surface area contributed by atoms with Crippen molar-refractivity contribution in [2.24, 2.45) is 5.41 Å². The van der Waals surface area contributed by atoms with Crippen molar-refractivity contribution in [3.63, 3.8) is 0 Å². The van der Waals surface area contributed by atoms with Gasteiger partial charge in [0, 0.05) is 11.6 Å². The van der Waals surface area contributed by atoms with Crippen molar-refractivity contribution < 1.29 is 4.92 Å². The molecule has 0 saturated heterocycles. The molecule has 0 atom stereocenters. The molecule has 20 heavy (non-hydrogen) atoms. The molecule has 0 aliphatic heterocycles. The van der Waals surface area contributed by atoms with E-state index in [1.807, 2.05) is 0 Å². The molecule has 1 fully saturated rings. The van der Waals surface area contributed by atoms with E-state index in [9.17, 15) is 10.1 Å². The number of nitro groups is 1. The number of anilines is 1. The van der Waals surface area contributed by atoms with Gasteiger partial charge in [-0.05, 0) is 54.0 Å². The fraction of sp³-hybridized carbons (Fsp3) is 0.643. The van der Waals surface area contributed by atoms with Gasteiger partial charge in [-0.1, -0.05) is 13.8 Å². The number of hydrogen-bond acceptors (Lipinski definition) is 4. The molecule has 1 aromatic rings. The average molecular weight is 342 g/mol. The van der Waals surface area contributed by atoms with E-state index in [0.29, 0.717) is 27.3 Å². The zero-order valence-corrected chi connectivity index (χ0v) is 13.7. The predicted molar refractivity (Wildman–Crippen MR) is 83.0 cm³/mol. The highest BCUT2D eigenvalue weighted by atomic mass is 79.9. The lowest BCUT2D eigenvalue weighted by molar-refractivity contribution is -0.385. The summed E-state index contributed by atoms with van der Waals surface area (Å²) in [4.78, 5) is 14.7. The Labute approximate surface area is 127 Å². The minimum absolute atomic E-state index is 0.0483. The largest absolute Gasteiger partial charge is 0.366 e. The molecule has 1 aliphatic carbocycles. The van der Waals surface area contributed by atoms with Crippen molar-refractivity contribution in [2.75, 3.05) is 5.32 Å². The maximum absolute atomic E-state index is 10.9. The molecule has 0 spiro atoms. The van der Waals surface area contributed by atoms with Gasteiger partial charge in [-0.25, -0.2) is 4.98 Å². The van der Waals surface area contributed by atoms with Gasteiger partial charge < -0.3 is 5.32 Å². The Morgan fingerprint density at radius 3 is 2.60 bits per heavy atom.